The van der Waals surface area contributed by atoms with Crippen LogP contribution in [0.4, 0.5) is 0 Å². The molecule has 0 aliphatic heterocycles. The van der Waals surface area contributed by atoms with Crippen molar-refractivity contribution in [2.45, 2.75) is 13.3 Å². The summed E-state index contributed by atoms with van der Waals surface area (Å²) < 4.78 is 0. The van der Waals surface area contributed by atoms with Crippen molar-refractivity contribution in [2.24, 2.45) is 0 Å². The Morgan fingerprint density at radius 3 is 2.75 bits per heavy atom. The second kappa shape index (κ2) is 10.5. The molecule has 0 aromatic rings. The number of carbonyl (C=O) groups is 1. The fourth-order valence-corrected chi connectivity index (χ4v) is 0.276. The molecule has 0 aliphatic carbocycles. The Balaban J connectivity index is 0. The van der Waals surface area contributed by atoms with E-state index in [4.69, 9.17) is 0 Å². The molecular formula is C5H10NOU-. The topological polar surface area (TPSA) is 29.1 Å². The minimum atomic E-state index is 0. The second-order valence-corrected chi connectivity index (χ2v) is 1.22. The first kappa shape index (κ1) is 11.3. The molecule has 2 nitrogen and oxygen atoms in total. The van der Waals surface area contributed by atoms with E-state index in [0.29, 0.717) is 13.0 Å². The summed E-state index contributed by atoms with van der Waals surface area (Å²) in [7, 11) is 0. The standard InChI is InChI=1S/C5H10NO.U/c1-2-3-4-6-5-7;/h3,5H,2,4H2,1H3,(H,6,7);/q-1;. The number of hydrogen-bond donors (Lipinski definition) is 1. The Morgan fingerprint density at radius 1 is 1.75 bits per heavy atom. The minimum absolute atomic E-state index is 0. The quantitative estimate of drug-likeness (QED) is 0.447. The van der Waals surface area contributed by atoms with Crippen molar-refractivity contribution < 1.29 is 35.9 Å². The Bertz CT molecular complexity index is 49.7. The van der Waals surface area contributed by atoms with E-state index < -0.39 is 0 Å². The minimum Gasteiger partial charge on any atom is -0.389 e. The van der Waals surface area contributed by atoms with Crippen molar-refractivity contribution in [3.05, 3.63) is 6.42 Å². The first-order valence-corrected chi connectivity index (χ1v) is 2.40. The average Bonchev–Trinajstić information content (AvgIpc) is 1.69. The summed E-state index contributed by atoms with van der Waals surface area (Å²) in [6, 6.07) is 0. The molecule has 0 rings (SSSR count). The van der Waals surface area contributed by atoms with Gasteiger partial charge in [-0.25, -0.2) is 0 Å². The molecule has 0 heterocycles. The average molecular weight is 338 g/mol. The molecule has 0 aromatic heterocycles. The van der Waals surface area contributed by atoms with Crippen LogP contribution >= 0.6 is 0 Å². The van der Waals surface area contributed by atoms with Gasteiger partial charge in [0.1, 0.15) is 0 Å². The maximum absolute atomic E-state index is 9.55. The van der Waals surface area contributed by atoms with Gasteiger partial charge in [-0.2, -0.15) is 6.42 Å². The van der Waals surface area contributed by atoms with Crippen molar-refractivity contribution in [3.8, 4) is 0 Å². The largest absolute Gasteiger partial charge is 0.389 e. The first-order chi connectivity index (χ1) is 3.41. The van der Waals surface area contributed by atoms with Gasteiger partial charge in [0.25, 0.3) is 0 Å². The number of rotatable bonds is 4. The van der Waals surface area contributed by atoms with E-state index in [0.717, 1.165) is 6.42 Å². The third-order valence-electron chi connectivity index (χ3n) is 0.634. The summed E-state index contributed by atoms with van der Waals surface area (Å²) >= 11 is 0. The van der Waals surface area contributed by atoms with Gasteiger partial charge in [0.05, 0.1) is 0 Å². The maximum atomic E-state index is 9.55. The van der Waals surface area contributed by atoms with Gasteiger partial charge < -0.3 is 11.7 Å². The molecule has 0 saturated carbocycles. The van der Waals surface area contributed by atoms with Crippen LogP contribution in [0.5, 0.6) is 0 Å². The van der Waals surface area contributed by atoms with E-state index in [-0.39, 0.29) is 31.1 Å². The molecule has 0 aromatic carbocycles. The summed E-state index contributed by atoms with van der Waals surface area (Å²) in [5, 5.41) is 2.51. The van der Waals surface area contributed by atoms with Crippen molar-refractivity contribution >= 4 is 6.41 Å². The van der Waals surface area contributed by atoms with E-state index in [1.54, 1.807) is 0 Å². The molecular weight excluding hydrogens is 328 g/mol. The number of nitrogens with one attached hydrogen (secondary N) is 1. The van der Waals surface area contributed by atoms with E-state index in [1.807, 2.05) is 13.3 Å². The van der Waals surface area contributed by atoms with E-state index in [9.17, 15) is 4.79 Å². The number of unbranched alkanes of at least 4 members (excludes halogenated alkanes) is 1. The van der Waals surface area contributed by atoms with Crippen LogP contribution in [0.1, 0.15) is 13.3 Å². The van der Waals surface area contributed by atoms with Crippen LogP contribution < -0.4 is 5.32 Å². The Kier molecular flexibility index (Phi) is 14.9. The Morgan fingerprint density at radius 2 is 2.38 bits per heavy atom. The molecule has 0 spiro atoms. The predicted octanol–water partition coefficient (Wildman–Crippen LogP) is 0.347. The number of hydrogen-bond acceptors (Lipinski definition) is 1. The van der Waals surface area contributed by atoms with Gasteiger partial charge in [0.2, 0.25) is 6.41 Å². The van der Waals surface area contributed by atoms with E-state index >= 15 is 0 Å². The molecule has 0 radical (unpaired) electrons. The summed E-state index contributed by atoms with van der Waals surface area (Å²) in [5.74, 6) is 0. The predicted molar refractivity (Wildman–Crippen MR) is 28.7 cm³/mol. The van der Waals surface area contributed by atoms with Crippen molar-refractivity contribution in [2.75, 3.05) is 6.54 Å². The van der Waals surface area contributed by atoms with Crippen LogP contribution in [0.15, 0.2) is 0 Å². The zero-order valence-electron chi connectivity index (χ0n) is 4.98. The molecule has 1 amide bonds. The first-order valence-electron chi connectivity index (χ1n) is 2.40. The van der Waals surface area contributed by atoms with Gasteiger partial charge in [0.15, 0.2) is 0 Å². The third kappa shape index (κ3) is 9.73. The molecule has 0 saturated heterocycles. The zero-order valence-corrected chi connectivity index (χ0v) is 9.14. The molecule has 3 heteroatoms. The molecule has 0 fully saturated rings. The van der Waals surface area contributed by atoms with Gasteiger partial charge in [-0.05, 0) is 0 Å². The van der Waals surface area contributed by atoms with Crippen LogP contribution in [0, 0.1) is 37.5 Å². The molecule has 46 valence electrons. The van der Waals surface area contributed by atoms with Crippen LogP contribution in [-0.2, 0) is 4.79 Å². The van der Waals surface area contributed by atoms with Crippen LogP contribution in [0.25, 0.3) is 0 Å². The summed E-state index contributed by atoms with van der Waals surface area (Å²) in [6.45, 7) is 2.73. The number of carbonyl (C=O) groups excluding carboxylic acids is 1. The van der Waals surface area contributed by atoms with Gasteiger partial charge in [-0.1, -0.05) is 6.92 Å². The fourth-order valence-electron chi connectivity index (χ4n) is 0.276. The van der Waals surface area contributed by atoms with Crippen molar-refractivity contribution in [3.63, 3.8) is 0 Å². The molecule has 1 N–H and O–H groups in total. The Hall–Kier alpha value is 0.522. The molecule has 0 bridgehead atoms. The molecule has 0 unspecified atom stereocenters. The van der Waals surface area contributed by atoms with Gasteiger partial charge >= 0.3 is 0 Å². The zero-order chi connectivity index (χ0) is 5.54. The molecule has 0 atom stereocenters. The summed E-state index contributed by atoms with van der Waals surface area (Å²) in [5.41, 5.74) is 0. The molecule has 0 aliphatic rings. The summed E-state index contributed by atoms with van der Waals surface area (Å²) in [6.07, 6.45) is 3.71. The summed E-state index contributed by atoms with van der Waals surface area (Å²) in [4.78, 5) is 9.55. The van der Waals surface area contributed by atoms with Crippen LogP contribution in [0.3, 0.4) is 0 Å². The van der Waals surface area contributed by atoms with E-state index in [2.05, 4.69) is 5.32 Å². The van der Waals surface area contributed by atoms with Crippen LogP contribution in [0.2, 0.25) is 0 Å². The third-order valence-corrected chi connectivity index (χ3v) is 0.634. The van der Waals surface area contributed by atoms with Gasteiger partial charge in [0, 0.05) is 31.1 Å². The monoisotopic (exact) mass is 338 g/mol. The smallest absolute Gasteiger partial charge is 0.204 e. The SMILES string of the molecule is CC[CH-]CNC=O.[U]. The van der Waals surface area contributed by atoms with E-state index in [1.165, 1.54) is 0 Å². The van der Waals surface area contributed by atoms with Gasteiger partial charge in [-0.3, -0.25) is 4.79 Å². The normalized spacial score (nSPS) is 7.12. The second-order valence-electron chi connectivity index (χ2n) is 1.22. The Labute approximate surface area is 73.8 Å². The maximum Gasteiger partial charge on any atom is 0.204 e. The van der Waals surface area contributed by atoms with Gasteiger partial charge in [-0.15, -0.1) is 6.54 Å². The van der Waals surface area contributed by atoms with Crippen molar-refractivity contribution in [1.82, 2.24) is 5.32 Å². The molecule has 8 heavy (non-hydrogen) atoms. The van der Waals surface area contributed by atoms with Crippen LogP contribution in [-0.4, -0.2) is 13.0 Å². The number of amides is 1. The van der Waals surface area contributed by atoms with Crippen molar-refractivity contribution in [1.29, 1.82) is 0 Å². The fraction of sp³-hybridized carbons (Fsp3) is 0.600.